The highest BCUT2D eigenvalue weighted by molar-refractivity contribution is 6.07. The topological polar surface area (TPSA) is 164 Å². The molecule has 12 heteroatoms. The number of amidine groups is 1. The quantitative estimate of drug-likeness (QED) is 0.277. The number of amides is 3. The summed E-state index contributed by atoms with van der Waals surface area (Å²) in [6, 6.07) is -0.627. The summed E-state index contributed by atoms with van der Waals surface area (Å²) >= 11 is 0. The predicted molar refractivity (Wildman–Crippen MR) is 141 cm³/mol. The average molecular weight is 543 g/mol. The molecule has 212 valence electrons. The largest absolute Gasteiger partial charge is 0.494 e. The molecule has 2 saturated heterocycles. The van der Waals surface area contributed by atoms with Gasteiger partial charge in [-0.05, 0) is 62.7 Å². The van der Waals surface area contributed by atoms with Crippen LogP contribution in [0.15, 0.2) is 9.59 Å². The summed E-state index contributed by atoms with van der Waals surface area (Å²) in [5.41, 5.74) is 3.18. The molecule has 0 unspecified atom stereocenters. The van der Waals surface area contributed by atoms with Crippen LogP contribution in [0, 0.1) is 22.7 Å². The third-order valence-electron chi connectivity index (χ3n) is 10.1. The van der Waals surface area contributed by atoms with E-state index in [4.69, 9.17) is 15.9 Å². The van der Waals surface area contributed by atoms with Gasteiger partial charge < -0.3 is 20.5 Å². The molecule has 3 heterocycles. The van der Waals surface area contributed by atoms with Crippen LogP contribution in [0.5, 0.6) is 5.88 Å². The number of rotatable bonds is 6. The highest BCUT2D eigenvalue weighted by atomic mass is 16.5. The zero-order valence-corrected chi connectivity index (χ0v) is 22.5. The molecule has 0 aromatic carbocycles. The van der Waals surface area contributed by atoms with E-state index in [2.05, 4.69) is 0 Å². The van der Waals surface area contributed by atoms with Crippen LogP contribution in [0.1, 0.15) is 75.8 Å². The second-order valence-electron chi connectivity index (χ2n) is 12.6. The van der Waals surface area contributed by atoms with E-state index in [1.807, 2.05) is 0 Å². The summed E-state index contributed by atoms with van der Waals surface area (Å²) in [4.78, 5) is 56.0. The van der Waals surface area contributed by atoms with Crippen LogP contribution in [0.3, 0.4) is 0 Å². The first kappa shape index (κ1) is 26.1. The van der Waals surface area contributed by atoms with E-state index < -0.39 is 28.5 Å². The number of nitrogens with one attached hydrogen (secondary N) is 1. The van der Waals surface area contributed by atoms with Gasteiger partial charge in [0.15, 0.2) is 0 Å². The first-order valence-corrected chi connectivity index (χ1v) is 14.2. The number of nitrogens with zero attached hydrogens (tertiary/aromatic N) is 4. The number of likely N-dealkylation sites (N-methyl/N-ethyl adjacent to an activating group) is 1. The van der Waals surface area contributed by atoms with Crippen LogP contribution in [0.25, 0.3) is 0 Å². The molecule has 12 nitrogen and oxygen atoms in total. The normalized spacial score (nSPS) is 31.4. The number of aromatic nitrogens is 2. The van der Waals surface area contributed by atoms with Gasteiger partial charge in [0, 0.05) is 32.1 Å². The van der Waals surface area contributed by atoms with Gasteiger partial charge in [0.05, 0.1) is 13.2 Å². The molecule has 39 heavy (non-hydrogen) atoms. The van der Waals surface area contributed by atoms with Crippen LogP contribution in [-0.2, 0) is 16.1 Å². The molecule has 0 radical (unpaired) electrons. The van der Waals surface area contributed by atoms with Gasteiger partial charge in [0.2, 0.25) is 5.88 Å². The Balaban J connectivity index is 1.23. The minimum Gasteiger partial charge on any atom is -0.494 e. The Morgan fingerprint density at radius 3 is 2.23 bits per heavy atom. The standard InChI is InChI=1S/C27H38N6O6/c1-30-23(36)27(32(24(30)37)11-17-12-39-13-17)14-26(15-27)8-6-18(7-9-26)33-22(35)19(20(28)29)21(34)31(25(33)38)10-16-4-2-3-5-16/h16-18,34H,2-15H2,1H3,(H3,28,29). The number of imide groups is 1. The third kappa shape index (κ3) is 3.93. The number of carbonyl (C=O) groups is 2. The van der Waals surface area contributed by atoms with E-state index in [0.29, 0.717) is 52.0 Å². The van der Waals surface area contributed by atoms with Crippen molar-refractivity contribution in [3.05, 3.63) is 26.4 Å². The molecular weight excluding hydrogens is 504 g/mol. The predicted octanol–water partition coefficient (Wildman–Crippen LogP) is 1.36. The first-order valence-electron chi connectivity index (χ1n) is 14.2. The van der Waals surface area contributed by atoms with Gasteiger partial charge in [-0.2, -0.15) is 0 Å². The smallest absolute Gasteiger partial charge is 0.334 e. The number of aromatic hydroxyl groups is 1. The Hall–Kier alpha value is -3.15. The maximum atomic E-state index is 13.6. The van der Waals surface area contributed by atoms with Crippen molar-refractivity contribution in [2.75, 3.05) is 26.8 Å². The lowest BCUT2D eigenvalue weighted by molar-refractivity contribution is -0.152. The van der Waals surface area contributed by atoms with Crippen LogP contribution in [0.4, 0.5) is 4.79 Å². The van der Waals surface area contributed by atoms with E-state index in [9.17, 15) is 24.3 Å². The maximum Gasteiger partial charge on any atom is 0.334 e. The minimum absolute atomic E-state index is 0.126. The summed E-state index contributed by atoms with van der Waals surface area (Å²) in [6.45, 7) is 2.03. The molecule has 5 fully saturated rings. The Labute approximate surface area is 226 Å². The van der Waals surface area contributed by atoms with E-state index in [-0.39, 0.29) is 40.8 Å². The fourth-order valence-corrected chi connectivity index (χ4v) is 7.97. The number of carbonyl (C=O) groups excluding carboxylic acids is 2. The Morgan fingerprint density at radius 2 is 1.67 bits per heavy atom. The maximum absolute atomic E-state index is 13.6. The van der Waals surface area contributed by atoms with E-state index in [1.165, 1.54) is 14.0 Å². The van der Waals surface area contributed by atoms with Gasteiger partial charge in [0.25, 0.3) is 11.5 Å². The van der Waals surface area contributed by atoms with Gasteiger partial charge in [-0.1, -0.05) is 12.8 Å². The van der Waals surface area contributed by atoms with Crippen LogP contribution < -0.4 is 17.0 Å². The monoisotopic (exact) mass is 542 g/mol. The first-order chi connectivity index (χ1) is 18.6. The highest BCUT2D eigenvalue weighted by Gasteiger charge is 2.68. The number of nitrogens with two attached hydrogens (primary N) is 1. The zero-order valence-electron chi connectivity index (χ0n) is 22.5. The molecular formula is C27H38N6O6. The van der Waals surface area contributed by atoms with Gasteiger partial charge >= 0.3 is 11.7 Å². The molecule has 3 amide bonds. The summed E-state index contributed by atoms with van der Waals surface area (Å²) in [6.07, 6.45) is 7.78. The Bertz CT molecular complexity index is 1320. The van der Waals surface area contributed by atoms with Crippen molar-refractivity contribution in [2.24, 2.45) is 23.0 Å². The second-order valence-corrected chi connectivity index (χ2v) is 12.6. The number of hydrogen-bond acceptors (Lipinski definition) is 7. The number of ether oxygens (including phenoxy) is 1. The van der Waals surface area contributed by atoms with Crippen LogP contribution >= 0.6 is 0 Å². The molecule has 0 atom stereocenters. The molecule has 2 spiro atoms. The summed E-state index contributed by atoms with van der Waals surface area (Å²) in [7, 11) is 1.55. The van der Waals surface area contributed by atoms with Crippen molar-refractivity contribution in [2.45, 2.75) is 82.3 Å². The lowest BCUT2D eigenvalue weighted by atomic mass is 9.51. The van der Waals surface area contributed by atoms with E-state index in [1.54, 1.807) is 11.9 Å². The van der Waals surface area contributed by atoms with Crippen LogP contribution in [-0.4, -0.2) is 74.2 Å². The highest BCUT2D eigenvalue weighted by Crippen LogP contribution is 2.62. The van der Waals surface area contributed by atoms with Crippen molar-refractivity contribution >= 4 is 17.8 Å². The second kappa shape index (κ2) is 9.21. The van der Waals surface area contributed by atoms with Gasteiger partial charge in [0.1, 0.15) is 16.9 Å². The van der Waals surface area contributed by atoms with E-state index in [0.717, 1.165) is 38.5 Å². The molecule has 3 aliphatic carbocycles. The lowest BCUT2D eigenvalue weighted by Crippen LogP contribution is -2.65. The van der Waals surface area contributed by atoms with E-state index >= 15 is 0 Å². The average Bonchev–Trinajstić information content (AvgIpc) is 3.42. The molecule has 2 aliphatic heterocycles. The molecule has 1 aromatic rings. The van der Waals surface area contributed by atoms with Crippen molar-refractivity contribution in [1.82, 2.24) is 18.9 Å². The number of hydrogen-bond donors (Lipinski definition) is 3. The fourth-order valence-electron chi connectivity index (χ4n) is 7.97. The Morgan fingerprint density at radius 1 is 1.03 bits per heavy atom. The van der Waals surface area contributed by atoms with Crippen molar-refractivity contribution in [3.8, 4) is 5.88 Å². The molecule has 3 saturated carbocycles. The molecule has 1 aromatic heterocycles. The molecule has 6 rings (SSSR count). The SMILES string of the molecule is CN1C(=O)N(CC2COC2)C2(CC3(CCC(n4c(=O)c(C(=N)N)c(O)n(CC5CCCC5)c4=O)CC3)C2)C1=O. The summed E-state index contributed by atoms with van der Waals surface area (Å²) in [5, 5.41) is 18.7. The molecule has 4 N–H and O–H groups in total. The van der Waals surface area contributed by atoms with Gasteiger partial charge in [-0.3, -0.25) is 29.0 Å². The van der Waals surface area contributed by atoms with Crippen molar-refractivity contribution in [3.63, 3.8) is 0 Å². The fraction of sp³-hybridized carbons (Fsp3) is 0.741. The van der Waals surface area contributed by atoms with Gasteiger partial charge in [-0.25, -0.2) is 9.59 Å². The zero-order chi connectivity index (χ0) is 27.7. The van der Waals surface area contributed by atoms with Crippen molar-refractivity contribution < 1.29 is 19.4 Å². The summed E-state index contributed by atoms with van der Waals surface area (Å²) in [5.74, 6) is -0.722. The van der Waals surface area contributed by atoms with Crippen molar-refractivity contribution in [1.29, 1.82) is 5.41 Å². The lowest BCUT2D eigenvalue weighted by Gasteiger charge is -2.58. The minimum atomic E-state index is -0.806. The third-order valence-corrected chi connectivity index (χ3v) is 10.1. The molecule has 5 aliphatic rings. The summed E-state index contributed by atoms with van der Waals surface area (Å²) < 4.78 is 7.72. The Kier molecular flexibility index (Phi) is 6.16. The molecule has 0 bridgehead atoms. The van der Waals surface area contributed by atoms with Gasteiger partial charge in [-0.15, -0.1) is 0 Å². The number of urea groups is 1. The van der Waals surface area contributed by atoms with Crippen LogP contribution in [0.2, 0.25) is 0 Å². The number of nitrogen functional groups attached to an aromatic ring is 1.